The molecule has 1 aliphatic carbocycles. The van der Waals surface area contributed by atoms with Gasteiger partial charge in [0.1, 0.15) is 0 Å². The lowest BCUT2D eigenvalue weighted by atomic mass is 10.1. The van der Waals surface area contributed by atoms with Crippen molar-refractivity contribution in [3.63, 3.8) is 0 Å². The molecule has 0 atom stereocenters. The van der Waals surface area contributed by atoms with Crippen LogP contribution in [0.2, 0.25) is 0 Å². The third-order valence-corrected chi connectivity index (χ3v) is 4.43. The highest BCUT2D eigenvalue weighted by atomic mass is 16.1. The van der Waals surface area contributed by atoms with Gasteiger partial charge >= 0.3 is 0 Å². The lowest BCUT2D eigenvalue weighted by Crippen LogP contribution is -2.35. The predicted octanol–water partition coefficient (Wildman–Crippen LogP) is 2.21. The number of hydrogen-bond acceptors (Lipinski definition) is 4. The van der Waals surface area contributed by atoms with Crippen LogP contribution < -0.4 is 10.6 Å². The Morgan fingerprint density at radius 3 is 2.91 bits per heavy atom. The van der Waals surface area contributed by atoms with Gasteiger partial charge < -0.3 is 15.5 Å². The van der Waals surface area contributed by atoms with E-state index in [0.717, 1.165) is 49.7 Å². The molecule has 0 radical (unpaired) electrons. The SMILES string of the molecule is CN1CCN=C1NCc1cccc(NC(=O)C2CCCC2)c1. The minimum Gasteiger partial charge on any atom is -0.352 e. The zero-order chi connectivity index (χ0) is 15.4. The molecule has 0 saturated heterocycles. The number of anilines is 1. The summed E-state index contributed by atoms with van der Waals surface area (Å²) in [4.78, 5) is 18.7. The van der Waals surface area contributed by atoms with Crippen LogP contribution in [-0.2, 0) is 11.3 Å². The van der Waals surface area contributed by atoms with Gasteiger partial charge in [-0.15, -0.1) is 0 Å². The minimum absolute atomic E-state index is 0.169. The normalized spacial score (nSPS) is 18.4. The Kier molecular flexibility index (Phi) is 4.61. The van der Waals surface area contributed by atoms with E-state index in [9.17, 15) is 4.79 Å². The Balaban J connectivity index is 1.56. The lowest BCUT2D eigenvalue weighted by molar-refractivity contribution is -0.119. The molecule has 5 nitrogen and oxygen atoms in total. The van der Waals surface area contributed by atoms with Gasteiger partial charge in [0.2, 0.25) is 5.91 Å². The van der Waals surface area contributed by atoms with Gasteiger partial charge in [-0.2, -0.15) is 0 Å². The van der Waals surface area contributed by atoms with Crippen molar-refractivity contribution in [2.75, 3.05) is 25.5 Å². The Morgan fingerprint density at radius 1 is 1.36 bits per heavy atom. The molecule has 2 aliphatic rings. The number of hydrogen-bond donors (Lipinski definition) is 2. The van der Waals surface area contributed by atoms with Gasteiger partial charge in [-0.3, -0.25) is 9.79 Å². The molecule has 3 rings (SSSR count). The number of guanidine groups is 1. The highest BCUT2D eigenvalue weighted by molar-refractivity contribution is 5.92. The minimum atomic E-state index is 0.169. The van der Waals surface area contributed by atoms with Crippen LogP contribution >= 0.6 is 0 Å². The molecule has 1 aliphatic heterocycles. The van der Waals surface area contributed by atoms with E-state index >= 15 is 0 Å². The summed E-state index contributed by atoms with van der Waals surface area (Å²) in [5.41, 5.74) is 2.03. The number of carbonyl (C=O) groups is 1. The molecule has 0 spiro atoms. The largest absolute Gasteiger partial charge is 0.352 e. The van der Waals surface area contributed by atoms with Crippen LogP contribution in [0.1, 0.15) is 31.2 Å². The fourth-order valence-electron chi connectivity index (χ4n) is 3.10. The van der Waals surface area contributed by atoms with Crippen LogP contribution in [0.3, 0.4) is 0 Å². The molecular formula is C17H24N4O. The second-order valence-electron chi connectivity index (χ2n) is 6.15. The van der Waals surface area contributed by atoms with Gasteiger partial charge in [0.25, 0.3) is 0 Å². The number of nitrogens with zero attached hydrogens (tertiary/aromatic N) is 2. The number of carbonyl (C=O) groups excluding carboxylic acids is 1. The summed E-state index contributed by atoms with van der Waals surface area (Å²) in [5.74, 6) is 1.31. The molecular weight excluding hydrogens is 276 g/mol. The first-order valence-electron chi connectivity index (χ1n) is 8.11. The van der Waals surface area contributed by atoms with Crippen molar-refractivity contribution in [3.05, 3.63) is 29.8 Å². The predicted molar refractivity (Wildman–Crippen MR) is 88.8 cm³/mol. The zero-order valence-electron chi connectivity index (χ0n) is 13.1. The summed E-state index contributed by atoms with van der Waals surface area (Å²) in [7, 11) is 2.04. The molecule has 1 heterocycles. The zero-order valence-corrected chi connectivity index (χ0v) is 13.1. The summed E-state index contributed by atoms with van der Waals surface area (Å²) in [6, 6.07) is 8.04. The van der Waals surface area contributed by atoms with Crippen LogP contribution in [0.4, 0.5) is 5.69 Å². The van der Waals surface area contributed by atoms with Crippen molar-refractivity contribution in [1.29, 1.82) is 0 Å². The number of benzene rings is 1. The molecule has 0 bridgehead atoms. The van der Waals surface area contributed by atoms with Crippen LogP contribution in [0.25, 0.3) is 0 Å². The monoisotopic (exact) mass is 300 g/mol. The maximum atomic E-state index is 12.2. The summed E-state index contributed by atoms with van der Waals surface area (Å²) < 4.78 is 0. The lowest BCUT2D eigenvalue weighted by Gasteiger charge is -2.16. The average molecular weight is 300 g/mol. The van der Waals surface area contributed by atoms with Crippen LogP contribution in [0.5, 0.6) is 0 Å². The maximum absolute atomic E-state index is 12.2. The Bertz CT molecular complexity index is 564. The van der Waals surface area contributed by atoms with Crippen LogP contribution in [0, 0.1) is 5.92 Å². The van der Waals surface area contributed by atoms with E-state index in [1.807, 2.05) is 25.2 Å². The van der Waals surface area contributed by atoms with Gasteiger partial charge in [0, 0.05) is 31.7 Å². The molecule has 1 fully saturated rings. The number of rotatable bonds is 4. The third-order valence-electron chi connectivity index (χ3n) is 4.43. The smallest absolute Gasteiger partial charge is 0.227 e. The van der Waals surface area contributed by atoms with Crippen LogP contribution in [-0.4, -0.2) is 36.9 Å². The van der Waals surface area contributed by atoms with E-state index in [1.54, 1.807) is 0 Å². The van der Waals surface area contributed by atoms with Gasteiger partial charge in [-0.25, -0.2) is 0 Å². The molecule has 1 aromatic rings. The van der Waals surface area contributed by atoms with E-state index in [4.69, 9.17) is 0 Å². The van der Waals surface area contributed by atoms with E-state index in [2.05, 4.69) is 26.6 Å². The second kappa shape index (κ2) is 6.81. The third kappa shape index (κ3) is 3.59. The Morgan fingerprint density at radius 2 is 2.18 bits per heavy atom. The van der Waals surface area contributed by atoms with E-state index < -0.39 is 0 Å². The maximum Gasteiger partial charge on any atom is 0.227 e. The Labute approximate surface area is 131 Å². The fraction of sp³-hybridized carbons (Fsp3) is 0.529. The molecule has 5 heteroatoms. The summed E-state index contributed by atoms with van der Waals surface area (Å²) >= 11 is 0. The quantitative estimate of drug-likeness (QED) is 0.896. The van der Waals surface area contributed by atoms with Crippen molar-refractivity contribution >= 4 is 17.6 Å². The first kappa shape index (κ1) is 14.9. The van der Waals surface area contributed by atoms with Crippen molar-refractivity contribution in [3.8, 4) is 0 Å². The topological polar surface area (TPSA) is 56.7 Å². The number of likely N-dealkylation sites (N-methyl/N-ethyl adjacent to an activating group) is 1. The molecule has 1 amide bonds. The first-order valence-corrected chi connectivity index (χ1v) is 8.11. The van der Waals surface area contributed by atoms with Gasteiger partial charge in [-0.05, 0) is 30.5 Å². The van der Waals surface area contributed by atoms with Gasteiger partial charge in [0.05, 0.1) is 6.54 Å². The summed E-state index contributed by atoms with van der Waals surface area (Å²) in [6.45, 7) is 2.55. The number of aliphatic imine (C=N–C) groups is 1. The highest BCUT2D eigenvalue weighted by Gasteiger charge is 2.22. The molecule has 2 N–H and O–H groups in total. The molecule has 118 valence electrons. The van der Waals surface area contributed by atoms with Gasteiger partial charge in [0.15, 0.2) is 5.96 Å². The van der Waals surface area contributed by atoms with Gasteiger partial charge in [-0.1, -0.05) is 25.0 Å². The molecule has 1 aromatic carbocycles. The molecule has 1 saturated carbocycles. The van der Waals surface area contributed by atoms with Crippen molar-refractivity contribution in [2.24, 2.45) is 10.9 Å². The van der Waals surface area contributed by atoms with E-state index in [-0.39, 0.29) is 11.8 Å². The summed E-state index contributed by atoms with van der Waals surface area (Å²) in [6.07, 6.45) is 4.41. The molecule has 0 aromatic heterocycles. The highest BCUT2D eigenvalue weighted by Crippen LogP contribution is 2.26. The molecule has 0 unspecified atom stereocenters. The first-order chi connectivity index (χ1) is 10.7. The standard InChI is InChI=1S/C17H24N4O/c1-21-10-9-18-17(21)19-12-13-5-4-8-15(11-13)20-16(22)14-6-2-3-7-14/h4-5,8,11,14H,2-3,6-7,9-10,12H2,1H3,(H,18,19)(H,20,22). The Hall–Kier alpha value is -2.04. The van der Waals surface area contributed by atoms with Crippen molar-refractivity contribution < 1.29 is 4.79 Å². The fourth-order valence-corrected chi connectivity index (χ4v) is 3.10. The van der Waals surface area contributed by atoms with E-state index in [1.165, 1.54) is 12.8 Å². The molecule has 22 heavy (non-hydrogen) atoms. The van der Waals surface area contributed by atoms with Crippen molar-refractivity contribution in [2.45, 2.75) is 32.2 Å². The number of amides is 1. The summed E-state index contributed by atoms with van der Waals surface area (Å²) in [5, 5.41) is 6.40. The number of nitrogens with one attached hydrogen (secondary N) is 2. The van der Waals surface area contributed by atoms with E-state index in [0.29, 0.717) is 0 Å². The van der Waals surface area contributed by atoms with Crippen molar-refractivity contribution in [1.82, 2.24) is 10.2 Å². The second-order valence-corrected chi connectivity index (χ2v) is 6.15. The average Bonchev–Trinajstić information content (AvgIpc) is 3.17. The van der Waals surface area contributed by atoms with Crippen LogP contribution in [0.15, 0.2) is 29.3 Å².